The molecule has 0 bridgehead atoms. The number of nitrogens with zero attached hydrogens (tertiary/aromatic N) is 6. The Morgan fingerprint density at radius 1 is 1.04 bits per heavy atom. The van der Waals surface area contributed by atoms with Gasteiger partial charge in [0.05, 0.1) is 25.9 Å². The summed E-state index contributed by atoms with van der Waals surface area (Å²) in [6, 6.07) is 17.0. The van der Waals surface area contributed by atoms with E-state index in [0.717, 1.165) is 17.5 Å². The number of pyridine rings is 1. The largest absolute Gasteiger partial charge is 0.497 e. The molecule has 248 valence electrons. The van der Waals surface area contributed by atoms with Crippen LogP contribution in [-0.4, -0.2) is 54.8 Å². The Bertz CT molecular complexity index is 2070. The summed E-state index contributed by atoms with van der Waals surface area (Å²) in [6.07, 6.45) is 2.43. The summed E-state index contributed by atoms with van der Waals surface area (Å²) in [6.45, 7) is 6.39. The zero-order valence-corrected chi connectivity index (χ0v) is 27.5. The maximum atomic E-state index is 13.7. The SMILES string of the molecule is CCCn1nc(C)c(OCc2ccccc2)c1-c1nc(-n2nc(C(=O)NCc3ccc(OC)cc3OC)c3cc(C)ncc32)c(CO)o1. The number of aliphatic hydroxyl groups excluding tert-OH is 1. The average molecular weight is 652 g/mol. The molecule has 2 N–H and O–H groups in total. The molecule has 0 radical (unpaired) electrons. The summed E-state index contributed by atoms with van der Waals surface area (Å²) in [5.74, 6) is 1.91. The van der Waals surface area contributed by atoms with Crippen LogP contribution >= 0.6 is 0 Å². The van der Waals surface area contributed by atoms with E-state index in [1.54, 1.807) is 43.3 Å². The van der Waals surface area contributed by atoms with Crippen molar-refractivity contribution < 1.29 is 28.5 Å². The van der Waals surface area contributed by atoms with Crippen molar-refractivity contribution in [2.45, 2.75) is 53.5 Å². The van der Waals surface area contributed by atoms with Gasteiger partial charge in [-0.1, -0.05) is 37.3 Å². The van der Waals surface area contributed by atoms with E-state index in [2.05, 4.69) is 15.4 Å². The van der Waals surface area contributed by atoms with Crippen molar-refractivity contribution in [1.82, 2.24) is 34.8 Å². The molecule has 0 saturated heterocycles. The van der Waals surface area contributed by atoms with Gasteiger partial charge in [-0.15, -0.1) is 0 Å². The van der Waals surface area contributed by atoms with Gasteiger partial charge in [-0.25, -0.2) is 4.68 Å². The molecule has 6 aromatic rings. The van der Waals surface area contributed by atoms with Gasteiger partial charge in [0, 0.05) is 35.8 Å². The van der Waals surface area contributed by atoms with Crippen molar-refractivity contribution in [3.8, 4) is 34.7 Å². The molecular weight excluding hydrogens is 614 g/mol. The number of hydrogen-bond donors (Lipinski definition) is 2. The van der Waals surface area contributed by atoms with E-state index in [1.807, 2.05) is 57.2 Å². The molecule has 0 saturated carbocycles. The number of methoxy groups -OCH3 is 2. The van der Waals surface area contributed by atoms with Gasteiger partial charge in [0.1, 0.15) is 30.4 Å². The van der Waals surface area contributed by atoms with E-state index >= 15 is 0 Å². The maximum absolute atomic E-state index is 13.7. The van der Waals surface area contributed by atoms with Crippen LogP contribution in [-0.2, 0) is 26.3 Å². The first-order chi connectivity index (χ1) is 23.3. The number of rotatable bonds is 13. The number of fused-ring (bicyclic) bond motifs is 1. The molecular formula is C35H37N7O6. The van der Waals surface area contributed by atoms with Crippen LogP contribution in [0.2, 0.25) is 0 Å². The number of aliphatic hydroxyl groups is 1. The number of carbonyl (C=O) groups excluding carboxylic acids is 1. The average Bonchev–Trinajstić information content (AvgIpc) is 3.79. The highest BCUT2D eigenvalue weighted by molar-refractivity contribution is 6.05. The number of ether oxygens (including phenoxy) is 3. The number of benzene rings is 2. The van der Waals surface area contributed by atoms with Crippen LogP contribution in [0.4, 0.5) is 0 Å². The Kier molecular flexibility index (Phi) is 9.39. The lowest BCUT2D eigenvalue weighted by molar-refractivity contribution is 0.0947. The molecule has 0 atom stereocenters. The van der Waals surface area contributed by atoms with Gasteiger partial charge in [0.25, 0.3) is 11.8 Å². The summed E-state index contributed by atoms with van der Waals surface area (Å²) in [4.78, 5) is 22.9. The molecule has 0 aliphatic rings. The van der Waals surface area contributed by atoms with Crippen LogP contribution in [0.25, 0.3) is 28.3 Å². The highest BCUT2D eigenvalue weighted by Gasteiger charge is 2.28. The second-order valence-electron chi connectivity index (χ2n) is 11.1. The van der Waals surface area contributed by atoms with Crippen molar-refractivity contribution in [3.05, 3.63) is 94.8 Å². The fourth-order valence-electron chi connectivity index (χ4n) is 5.47. The van der Waals surface area contributed by atoms with Crippen LogP contribution in [0.3, 0.4) is 0 Å². The predicted molar refractivity (Wildman–Crippen MR) is 177 cm³/mol. The number of aryl methyl sites for hydroxylation is 3. The van der Waals surface area contributed by atoms with E-state index in [4.69, 9.17) is 28.7 Å². The van der Waals surface area contributed by atoms with Gasteiger partial charge in [0.15, 0.2) is 28.7 Å². The number of oxazole rings is 1. The monoisotopic (exact) mass is 651 g/mol. The first-order valence-electron chi connectivity index (χ1n) is 15.5. The first-order valence-corrected chi connectivity index (χ1v) is 15.5. The fourth-order valence-corrected chi connectivity index (χ4v) is 5.47. The minimum Gasteiger partial charge on any atom is -0.497 e. The predicted octanol–water partition coefficient (Wildman–Crippen LogP) is 5.32. The van der Waals surface area contributed by atoms with Crippen LogP contribution in [0, 0.1) is 13.8 Å². The Balaban J connectivity index is 1.38. The highest BCUT2D eigenvalue weighted by Crippen LogP contribution is 2.36. The number of amides is 1. The molecule has 1 amide bonds. The summed E-state index contributed by atoms with van der Waals surface area (Å²) in [5, 5.41) is 23.3. The van der Waals surface area contributed by atoms with Crippen molar-refractivity contribution >= 4 is 16.8 Å². The summed E-state index contributed by atoms with van der Waals surface area (Å²) >= 11 is 0. The first kappa shape index (κ1) is 32.3. The van der Waals surface area contributed by atoms with Gasteiger partial charge in [-0.2, -0.15) is 15.2 Å². The van der Waals surface area contributed by atoms with Crippen LogP contribution in [0.1, 0.15) is 52.1 Å². The molecule has 4 heterocycles. The van der Waals surface area contributed by atoms with E-state index < -0.39 is 12.5 Å². The Morgan fingerprint density at radius 2 is 1.85 bits per heavy atom. The molecule has 48 heavy (non-hydrogen) atoms. The number of carbonyl (C=O) groups is 1. The topological polar surface area (TPSA) is 152 Å². The second kappa shape index (κ2) is 14.0. The fraction of sp³-hybridized carbons (Fsp3) is 0.286. The molecule has 13 heteroatoms. The molecule has 0 fully saturated rings. The van der Waals surface area contributed by atoms with Crippen molar-refractivity contribution in [2.24, 2.45) is 0 Å². The maximum Gasteiger partial charge on any atom is 0.272 e. The molecule has 0 aliphatic heterocycles. The number of hydrogen-bond acceptors (Lipinski definition) is 10. The molecule has 6 rings (SSSR count). The molecule has 0 spiro atoms. The Morgan fingerprint density at radius 3 is 2.58 bits per heavy atom. The summed E-state index contributed by atoms with van der Waals surface area (Å²) < 4.78 is 26.5. The van der Waals surface area contributed by atoms with Gasteiger partial charge in [-0.3, -0.25) is 14.5 Å². The van der Waals surface area contributed by atoms with Crippen molar-refractivity contribution in [2.75, 3.05) is 14.2 Å². The third-order valence-electron chi connectivity index (χ3n) is 7.81. The van der Waals surface area contributed by atoms with Gasteiger partial charge >= 0.3 is 0 Å². The molecule has 13 nitrogen and oxygen atoms in total. The van der Waals surface area contributed by atoms with Crippen LogP contribution < -0.4 is 19.5 Å². The van der Waals surface area contributed by atoms with Gasteiger partial charge in [-0.05, 0) is 44.0 Å². The standard InChI is InChI=1S/C35H37N7O6/c1-6-14-41-31(32(22(3)39-41)47-20-23-10-8-7-9-11-23)35-38-33(29(19-43)48-35)42-27-18-36-21(2)15-26(27)30(40-42)34(44)37-17-24-12-13-25(45-4)16-28(24)46-5/h7-13,15-16,18,43H,6,14,17,19-20H2,1-5H3,(H,37,44). The molecule has 4 aromatic heterocycles. The highest BCUT2D eigenvalue weighted by atomic mass is 16.5. The minimum atomic E-state index is -0.469. The zero-order chi connectivity index (χ0) is 33.8. The zero-order valence-electron chi connectivity index (χ0n) is 27.5. The lowest BCUT2D eigenvalue weighted by Crippen LogP contribution is -2.24. The quantitative estimate of drug-likeness (QED) is 0.168. The normalized spacial score (nSPS) is 11.2. The molecule has 0 aliphatic carbocycles. The second-order valence-corrected chi connectivity index (χ2v) is 11.1. The lowest BCUT2D eigenvalue weighted by atomic mass is 10.1. The third kappa shape index (κ3) is 6.32. The number of nitrogens with one attached hydrogen (secondary N) is 1. The van der Waals surface area contributed by atoms with Gasteiger partial charge in [0.2, 0.25) is 0 Å². The van der Waals surface area contributed by atoms with Gasteiger partial charge < -0.3 is 29.1 Å². The minimum absolute atomic E-state index is 0.154. The summed E-state index contributed by atoms with van der Waals surface area (Å²) in [5.41, 5.74) is 4.37. The summed E-state index contributed by atoms with van der Waals surface area (Å²) in [7, 11) is 3.14. The number of aromatic nitrogens is 6. The smallest absolute Gasteiger partial charge is 0.272 e. The van der Waals surface area contributed by atoms with E-state index in [9.17, 15) is 9.90 Å². The van der Waals surface area contributed by atoms with Crippen LogP contribution in [0.5, 0.6) is 17.2 Å². The van der Waals surface area contributed by atoms with E-state index in [0.29, 0.717) is 58.4 Å². The lowest BCUT2D eigenvalue weighted by Gasteiger charge is -2.11. The third-order valence-corrected chi connectivity index (χ3v) is 7.81. The van der Waals surface area contributed by atoms with Crippen molar-refractivity contribution in [1.29, 1.82) is 0 Å². The molecule has 0 unspecified atom stereocenters. The van der Waals surface area contributed by atoms with Crippen molar-refractivity contribution in [3.63, 3.8) is 0 Å². The van der Waals surface area contributed by atoms with Crippen LogP contribution in [0.15, 0.2) is 65.2 Å². The van der Waals surface area contributed by atoms with E-state index in [-0.39, 0.29) is 29.7 Å². The Labute approximate surface area is 277 Å². The van der Waals surface area contributed by atoms with E-state index in [1.165, 1.54) is 4.68 Å². The Hall–Kier alpha value is -5.69. The molecule has 2 aromatic carbocycles.